The van der Waals surface area contributed by atoms with Crippen molar-refractivity contribution in [3.8, 4) is 23.2 Å². The molecule has 3 rings (SSSR count). The van der Waals surface area contributed by atoms with Crippen LogP contribution in [-0.2, 0) is 6.61 Å². The van der Waals surface area contributed by atoms with Crippen LogP contribution in [0.2, 0.25) is 0 Å². The van der Waals surface area contributed by atoms with Gasteiger partial charge in [-0.1, -0.05) is 28.9 Å². The molecule has 108 valence electrons. The van der Waals surface area contributed by atoms with E-state index in [2.05, 4.69) is 16.2 Å². The van der Waals surface area contributed by atoms with E-state index in [1.807, 2.05) is 31.2 Å². The molecule has 5 nitrogen and oxygen atoms in total. The van der Waals surface area contributed by atoms with Crippen LogP contribution in [0.4, 0.5) is 0 Å². The van der Waals surface area contributed by atoms with E-state index in [1.165, 1.54) is 0 Å². The summed E-state index contributed by atoms with van der Waals surface area (Å²) < 4.78 is 10.7. The van der Waals surface area contributed by atoms with Crippen LogP contribution >= 0.6 is 0 Å². The van der Waals surface area contributed by atoms with E-state index >= 15 is 0 Å². The molecule has 0 spiro atoms. The molecule has 0 radical (unpaired) electrons. The minimum atomic E-state index is 0.185. The Hall–Kier alpha value is -3.13. The Morgan fingerprint density at radius 3 is 2.73 bits per heavy atom. The highest BCUT2D eigenvalue weighted by atomic mass is 16.5. The molecular weight excluding hydrogens is 278 g/mol. The summed E-state index contributed by atoms with van der Waals surface area (Å²) in [5, 5.41) is 12.7. The van der Waals surface area contributed by atoms with E-state index in [0.29, 0.717) is 23.0 Å². The predicted molar refractivity (Wildman–Crippen MR) is 80.0 cm³/mol. The minimum Gasteiger partial charge on any atom is -0.484 e. The number of hydrogen-bond acceptors (Lipinski definition) is 5. The molecule has 0 saturated heterocycles. The van der Waals surface area contributed by atoms with Gasteiger partial charge >= 0.3 is 0 Å². The number of aromatic nitrogens is 2. The Bertz CT molecular complexity index is 816. The quantitative estimate of drug-likeness (QED) is 0.735. The first kappa shape index (κ1) is 13.8. The lowest BCUT2D eigenvalue weighted by atomic mass is 10.1. The zero-order valence-electron chi connectivity index (χ0n) is 12.0. The minimum absolute atomic E-state index is 0.185. The van der Waals surface area contributed by atoms with Crippen LogP contribution in [0.15, 0.2) is 53.1 Å². The molecule has 0 atom stereocenters. The zero-order valence-corrected chi connectivity index (χ0v) is 12.0. The second-order valence-electron chi connectivity index (χ2n) is 4.81. The fraction of sp³-hybridized carbons (Fsp3) is 0.118. The Morgan fingerprint density at radius 2 is 2.00 bits per heavy atom. The number of nitriles is 1. The molecule has 1 heterocycles. The first-order valence-corrected chi connectivity index (χ1v) is 6.77. The molecule has 3 aromatic rings. The van der Waals surface area contributed by atoms with Crippen LogP contribution in [0.25, 0.3) is 11.4 Å². The monoisotopic (exact) mass is 291 g/mol. The molecule has 0 fully saturated rings. The van der Waals surface area contributed by atoms with Crippen LogP contribution in [0, 0.1) is 18.3 Å². The highest BCUT2D eigenvalue weighted by Gasteiger charge is 2.09. The average Bonchev–Trinajstić information content (AvgIpc) is 3.02. The predicted octanol–water partition coefficient (Wildman–Crippen LogP) is 3.50. The van der Waals surface area contributed by atoms with Gasteiger partial charge in [-0.2, -0.15) is 10.2 Å². The Kier molecular flexibility index (Phi) is 3.84. The van der Waals surface area contributed by atoms with Gasteiger partial charge < -0.3 is 9.26 Å². The first-order chi connectivity index (χ1) is 10.7. The number of hydrogen-bond donors (Lipinski definition) is 0. The molecule has 2 aromatic carbocycles. The van der Waals surface area contributed by atoms with Crippen LogP contribution in [0.1, 0.15) is 17.0 Å². The fourth-order valence-corrected chi connectivity index (χ4v) is 1.99. The maximum atomic E-state index is 8.74. The number of ether oxygens (including phenoxy) is 1. The molecule has 0 N–H and O–H groups in total. The van der Waals surface area contributed by atoms with Crippen molar-refractivity contribution in [2.24, 2.45) is 0 Å². The number of rotatable bonds is 4. The van der Waals surface area contributed by atoms with E-state index in [1.54, 1.807) is 24.3 Å². The number of benzene rings is 2. The summed E-state index contributed by atoms with van der Waals surface area (Å²) in [7, 11) is 0. The third-order valence-corrected chi connectivity index (χ3v) is 3.09. The second kappa shape index (κ2) is 6.10. The fourth-order valence-electron chi connectivity index (χ4n) is 1.99. The summed E-state index contributed by atoms with van der Waals surface area (Å²) in [6.07, 6.45) is 0. The van der Waals surface area contributed by atoms with Crippen LogP contribution < -0.4 is 4.74 Å². The van der Waals surface area contributed by atoms with Crippen molar-refractivity contribution in [1.82, 2.24) is 10.1 Å². The number of aryl methyl sites for hydroxylation is 1. The van der Waals surface area contributed by atoms with Gasteiger partial charge in [-0.3, -0.25) is 0 Å². The molecule has 22 heavy (non-hydrogen) atoms. The lowest BCUT2D eigenvalue weighted by Gasteiger charge is -2.02. The van der Waals surface area contributed by atoms with Gasteiger partial charge in [0.05, 0.1) is 11.6 Å². The summed E-state index contributed by atoms with van der Waals surface area (Å²) in [4.78, 5) is 4.32. The molecule has 1 aromatic heterocycles. The third kappa shape index (κ3) is 3.13. The molecule has 0 aliphatic rings. The van der Waals surface area contributed by atoms with Crippen molar-refractivity contribution in [2.45, 2.75) is 13.5 Å². The maximum absolute atomic E-state index is 8.74. The van der Waals surface area contributed by atoms with Gasteiger partial charge in [0, 0.05) is 5.56 Å². The van der Waals surface area contributed by atoms with E-state index in [9.17, 15) is 0 Å². The molecule has 0 aliphatic heterocycles. The molecule has 5 heteroatoms. The van der Waals surface area contributed by atoms with E-state index in [0.717, 1.165) is 11.1 Å². The van der Waals surface area contributed by atoms with Gasteiger partial charge in [0.1, 0.15) is 5.75 Å². The SMILES string of the molecule is Cc1cccc(-c2noc(COc3ccc(C#N)cc3)n2)c1. The van der Waals surface area contributed by atoms with Crippen molar-refractivity contribution in [2.75, 3.05) is 0 Å². The smallest absolute Gasteiger partial charge is 0.264 e. The van der Waals surface area contributed by atoms with Crippen molar-refractivity contribution in [3.05, 3.63) is 65.5 Å². The largest absolute Gasteiger partial charge is 0.484 e. The Balaban J connectivity index is 1.68. The Morgan fingerprint density at radius 1 is 1.18 bits per heavy atom. The van der Waals surface area contributed by atoms with Gasteiger partial charge in [0.15, 0.2) is 6.61 Å². The highest BCUT2D eigenvalue weighted by molar-refractivity contribution is 5.55. The van der Waals surface area contributed by atoms with Crippen LogP contribution in [0.3, 0.4) is 0 Å². The summed E-state index contributed by atoms with van der Waals surface area (Å²) >= 11 is 0. The zero-order chi connectivity index (χ0) is 15.4. The average molecular weight is 291 g/mol. The Labute approximate surface area is 127 Å². The molecule has 0 aliphatic carbocycles. The van der Waals surface area contributed by atoms with Gasteiger partial charge in [-0.05, 0) is 37.3 Å². The summed E-state index contributed by atoms with van der Waals surface area (Å²) in [5.41, 5.74) is 2.64. The summed E-state index contributed by atoms with van der Waals surface area (Å²) in [6.45, 7) is 2.20. The lowest BCUT2D eigenvalue weighted by molar-refractivity contribution is 0.243. The normalized spacial score (nSPS) is 10.2. The first-order valence-electron chi connectivity index (χ1n) is 6.77. The number of nitrogens with zero attached hydrogens (tertiary/aromatic N) is 3. The van der Waals surface area contributed by atoms with Crippen molar-refractivity contribution >= 4 is 0 Å². The van der Waals surface area contributed by atoms with Gasteiger partial charge in [0.25, 0.3) is 5.89 Å². The summed E-state index contributed by atoms with van der Waals surface area (Å²) in [5.74, 6) is 1.59. The van der Waals surface area contributed by atoms with E-state index in [-0.39, 0.29) is 6.61 Å². The van der Waals surface area contributed by atoms with Gasteiger partial charge in [-0.25, -0.2) is 0 Å². The lowest BCUT2D eigenvalue weighted by Crippen LogP contribution is -1.95. The topological polar surface area (TPSA) is 71.9 Å². The molecule has 0 amide bonds. The van der Waals surface area contributed by atoms with Crippen molar-refractivity contribution < 1.29 is 9.26 Å². The van der Waals surface area contributed by atoms with Crippen molar-refractivity contribution in [3.63, 3.8) is 0 Å². The van der Waals surface area contributed by atoms with E-state index < -0.39 is 0 Å². The summed E-state index contributed by atoms with van der Waals surface area (Å²) in [6, 6.07) is 16.8. The standard InChI is InChI=1S/C17H13N3O2/c1-12-3-2-4-14(9-12)17-19-16(22-20-17)11-21-15-7-5-13(10-18)6-8-15/h2-9H,11H2,1H3. The van der Waals surface area contributed by atoms with E-state index in [4.69, 9.17) is 14.5 Å². The third-order valence-electron chi connectivity index (χ3n) is 3.09. The molecule has 0 bridgehead atoms. The molecule has 0 saturated carbocycles. The van der Waals surface area contributed by atoms with Crippen molar-refractivity contribution in [1.29, 1.82) is 5.26 Å². The molecule has 0 unspecified atom stereocenters. The van der Waals surface area contributed by atoms with Crippen LogP contribution in [-0.4, -0.2) is 10.1 Å². The van der Waals surface area contributed by atoms with Gasteiger partial charge in [-0.15, -0.1) is 0 Å². The van der Waals surface area contributed by atoms with Gasteiger partial charge in [0.2, 0.25) is 5.82 Å². The second-order valence-corrected chi connectivity index (χ2v) is 4.81. The maximum Gasteiger partial charge on any atom is 0.264 e. The molecular formula is C17H13N3O2. The van der Waals surface area contributed by atoms with Crippen LogP contribution in [0.5, 0.6) is 5.75 Å². The highest BCUT2D eigenvalue weighted by Crippen LogP contribution is 2.18.